The first-order valence-corrected chi connectivity index (χ1v) is 19.7. The lowest BCUT2D eigenvalue weighted by Gasteiger charge is -2.34. The summed E-state index contributed by atoms with van der Waals surface area (Å²) in [6.45, 7) is 7.65. The van der Waals surface area contributed by atoms with E-state index in [1.54, 1.807) is 34.0 Å². The number of ether oxygens (including phenoxy) is 1. The van der Waals surface area contributed by atoms with Gasteiger partial charge < -0.3 is 14.2 Å². The minimum atomic E-state index is -1.04. The Morgan fingerprint density at radius 1 is 0.966 bits per heavy atom. The van der Waals surface area contributed by atoms with Crippen LogP contribution in [-0.4, -0.2) is 97.1 Å². The maximum atomic E-state index is 15.1. The molecule has 16 heteroatoms. The van der Waals surface area contributed by atoms with Gasteiger partial charge in [0.15, 0.2) is 0 Å². The number of nitrogens with one attached hydrogen (secondary N) is 2. The summed E-state index contributed by atoms with van der Waals surface area (Å²) in [5.41, 5.74) is 4.42. The van der Waals surface area contributed by atoms with E-state index in [2.05, 4.69) is 32.5 Å². The molecule has 2 fully saturated rings. The average molecular weight is 794 g/mol. The maximum Gasteiger partial charge on any atom is 0.258 e. The van der Waals surface area contributed by atoms with Gasteiger partial charge in [-0.2, -0.15) is 5.10 Å². The van der Waals surface area contributed by atoms with Crippen molar-refractivity contribution in [2.75, 3.05) is 44.6 Å². The number of anilines is 1. The number of hydrogen-bond acceptors (Lipinski definition) is 9. The van der Waals surface area contributed by atoms with Crippen molar-refractivity contribution in [1.82, 2.24) is 39.4 Å². The molecule has 2 aromatic carbocycles. The summed E-state index contributed by atoms with van der Waals surface area (Å²) in [6.07, 6.45) is 3.80. The van der Waals surface area contributed by atoms with Gasteiger partial charge in [0.1, 0.15) is 11.6 Å². The third-order valence-corrected chi connectivity index (χ3v) is 11.3. The zero-order valence-corrected chi connectivity index (χ0v) is 32.7. The highest BCUT2D eigenvalue weighted by Gasteiger charge is 2.33. The highest BCUT2D eigenvalue weighted by atomic mass is 19.1. The Morgan fingerprint density at radius 3 is 2.50 bits per heavy atom. The standard InChI is InChI=1S/C42H45F2N9O5/c1-24-5-4-16-58-41-30(22-45-50(41)3)34-20-28(17-25(2)46-34)38(55)49-42-47-33-8-6-27(21-35(33)53(42)23-24)40(57)52-14-12-51(13-15-52)11-10-26-18-31(43)37(32(44)19-26)29-7-9-36(54)48-39(29)56/h6,8,17-22,24,29H,4-5,7,9-16,23H2,1-3H3,(H,47,49,55)(H,48,54,56)/t24-,29-/m1/s1. The molecule has 3 aliphatic rings. The van der Waals surface area contributed by atoms with Gasteiger partial charge in [0.25, 0.3) is 11.8 Å². The van der Waals surface area contributed by atoms with Gasteiger partial charge in [-0.1, -0.05) is 6.92 Å². The van der Waals surface area contributed by atoms with Gasteiger partial charge in [-0.15, -0.1) is 0 Å². The van der Waals surface area contributed by atoms with Gasteiger partial charge >= 0.3 is 0 Å². The van der Waals surface area contributed by atoms with Crippen LogP contribution < -0.4 is 15.4 Å². The second-order valence-electron chi connectivity index (χ2n) is 15.5. The average Bonchev–Trinajstić information content (AvgIpc) is 3.73. The van der Waals surface area contributed by atoms with Crippen LogP contribution in [0.4, 0.5) is 14.7 Å². The molecule has 0 saturated carbocycles. The van der Waals surface area contributed by atoms with Crippen LogP contribution in [0.15, 0.2) is 48.7 Å². The maximum absolute atomic E-state index is 15.1. The molecular weight excluding hydrogens is 749 g/mol. The van der Waals surface area contributed by atoms with Crippen molar-refractivity contribution in [1.29, 1.82) is 0 Å². The third kappa shape index (κ3) is 7.92. The van der Waals surface area contributed by atoms with Crippen molar-refractivity contribution in [2.45, 2.75) is 58.4 Å². The number of aryl methyl sites for hydroxylation is 2. The molecule has 0 unspecified atom stereocenters. The molecule has 0 radical (unpaired) electrons. The molecule has 3 aliphatic heterocycles. The highest BCUT2D eigenvalue weighted by Crippen LogP contribution is 2.32. The topological polar surface area (TPSA) is 157 Å². The SMILES string of the molecule is Cc1cc2cc(n1)-c1cnn(C)c1OCCC[C@@H](C)Cn1c(nc3ccc(C(=O)N4CCN(CCc5cc(F)c([C@H]6CCC(=O)NC6=O)c(F)c5)CC4)cc31)NC2=O. The summed E-state index contributed by atoms with van der Waals surface area (Å²) in [5.74, 6) is -3.05. The summed E-state index contributed by atoms with van der Waals surface area (Å²) in [7, 11) is 1.81. The predicted molar refractivity (Wildman–Crippen MR) is 210 cm³/mol. The Balaban J connectivity index is 0.955. The number of amides is 4. The number of aromatic nitrogens is 5. The van der Waals surface area contributed by atoms with Crippen molar-refractivity contribution < 1.29 is 32.7 Å². The Hall–Kier alpha value is -6.03. The number of carbonyl (C=O) groups is 4. The fourth-order valence-electron chi connectivity index (χ4n) is 8.15. The molecule has 0 spiro atoms. The first-order valence-electron chi connectivity index (χ1n) is 19.7. The third-order valence-electron chi connectivity index (χ3n) is 11.3. The summed E-state index contributed by atoms with van der Waals surface area (Å²) in [6, 6.07) is 11.4. The minimum absolute atomic E-state index is 0.0321. The molecular formula is C42H45F2N9O5. The zero-order chi connectivity index (χ0) is 40.7. The number of halogens is 2. The van der Waals surface area contributed by atoms with Gasteiger partial charge in [0.2, 0.25) is 23.6 Å². The Morgan fingerprint density at radius 2 is 1.74 bits per heavy atom. The molecule has 8 rings (SSSR count). The van der Waals surface area contributed by atoms with E-state index in [1.165, 1.54) is 12.1 Å². The molecule has 2 bridgehead atoms. The number of rotatable bonds is 5. The lowest BCUT2D eigenvalue weighted by atomic mass is 9.89. The molecule has 2 saturated heterocycles. The van der Waals surface area contributed by atoms with Crippen LogP contribution in [0, 0.1) is 24.5 Å². The van der Waals surface area contributed by atoms with Gasteiger partial charge in [-0.3, -0.25) is 39.7 Å². The van der Waals surface area contributed by atoms with Crippen LogP contribution in [0.25, 0.3) is 22.3 Å². The highest BCUT2D eigenvalue weighted by molar-refractivity contribution is 6.05. The quantitative estimate of drug-likeness (QED) is 0.234. The number of benzene rings is 2. The normalized spacial score (nSPS) is 19.4. The van der Waals surface area contributed by atoms with Crippen LogP contribution in [-0.2, 0) is 29.6 Å². The summed E-state index contributed by atoms with van der Waals surface area (Å²) < 4.78 is 40.0. The number of hydrogen-bond donors (Lipinski definition) is 2. The number of piperidine rings is 1. The van der Waals surface area contributed by atoms with E-state index in [9.17, 15) is 19.2 Å². The van der Waals surface area contributed by atoms with E-state index in [1.807, 2.05) is 30.7 Å². The fourth-order valence-corrected chi connectivity index (χ4v) is 8.15. The molecule has 58 heavy (non-hydrogen) atoms. The van der Waals surface area contributed by atoms with Crippen LogP contribution in [0.1, 0.15) is 76.1 Å². The lowest BCUT2D eigenvalue weighted by molar-refractivity contribution is -0.134. The smallest absolute Gasteiger partial charge is 0.258 e. The monoisotopic (exact) mass is 793 g/mol. The van der Waals surface area contributed by atoms with E-state index in [0.717, 1.165) is 18.4 Å². The summed E-state index contributed by atoms with van der Waals surface area (Å²) >= 11 is 0. The number of nitrogens with zero attached hydrogens (tertiary/aromatic N) is 7. The molecule has 2 N–H and O–H groups in total. The van der Waals surface area contributed by atoms with Gasteiger partial charge in [0, 0.05) is 75.1 Å². The van der Waals surface area contributed by atoms with Crippen molar-refractivity contribution in [2.24, 2.45) is 13.0 Å². The summed E-state index contributed by atoms with van der Waals surface area (Å²) in [5, 5.41) is 9.57. The molecule has 6 heterocycles. The Bertz CT molecular complexity index is 2410. The number of carbonyl (C=O) groups excluding carboxylic acids is 4. The van der Waals surface area contributed by atoms with Gasteiger partial charge in [-0.25, -0.2) is 18.4 Å². The molecule has 302 valence electrons. The molecule has 3 aromatic heterocycles. The molecule has 4 amide bonds. The van der Waals surface area contributed by atoms with E-state index in [-0.39, 0.29) is 36.1 Å². The minimum Gasteiger partial charge on any atom is -0.477 e. The number of fused-ring (bicyclic) bond motifs is 7. The zero-order valence-electron chi connectivity index (χ0n) is 32.7. The Kier molecular flexibility index (Phi) is 10.8. The van der Waals surface area contributed by atoms with Crippen molar-refractivity contribution in [3.8, 4) is 17.1 Å². The van der Waals surface area contributed by atoms with Crippen molar-refractivity contribution >= 4 is 40.6 Å². The Labute approximate surface area is 333 Å². The number of pyridine rings is 1. The number of piperazine rings is 1. The van der Waals surface area contributed by atoms with E-state index in [4.69, 9.17) is 9.72 Å². The van der Waals surface area contributed by atoms with Crippen LogP contribution in [0.2, 0.25) is 0 Å². The molecule has 14 nitrogen and oxygen atoms in total. The predicted octanol–water partition coefficient (Wildman–Crippen LogP) is 5.00. The lowest BCUT2D eigenvalue weighted by Crippen LogP contribution is -2.49. The van der Waals surface area contributed by atoms with Gasteiger partial charge in [-0.05, 0) is 86.6 Å². The first-order chi connectivity index (χ1) is 27.9. The molecule has 2 atom stereocenters. The van der Waals surface area contributed by atoms with E-state index >= 15 is 8.78 Å². The molecule has 5 aromatic rings. The van der Waals surface area contributed by atoms with E-state index in [0.29, 0.717) is 103 Å². The van der Waals surface area contributed by atoms with Crippen LogP contribution >= 0.6 is 0 Å². The second-order valence-corrected chi connectivity index (χ2v) is 15.5. The largest absolute Gasteiger partial charge is 0.477 e. The number of imidazole rings is 1. The van der Waals surface area contributed by atoms with Gasteiger partial charge in [0.05, 0.1) is 41.0 Å². The van der Waals surface area contributed by atoms with Crippen LogP contribution in [0.5, 0.6) is 5.88 Å². The fraction of sp³-hybridized carbons (Fsp3) is 0.405. The van der Waals surface area contributed by atoms with E-state index < -0.39 is 29.4 Å². The first kappa shape index (κ1) is 38.8. The van der Waals surface area contributed by atoms with Crippen molar-refractivity contribution in [3.63, 3.8) is 0 Å². The number of imide groups is 1. The second kappa shape index (κ2) is 16.1. The van der Waals surface area contributed by atoms with Crippen LogP contribution in [0.3, 0.4) is 0 Å². The van der Waals surface area contributed by atoms with Crippen molar-refractivity contribution in [3.05, 3.63) is 88.2 Å². The molecule has 0 aliphatic carbocycles. The summed E-state index contributed by atoms with van der Waals surface area (Å²) in [4.78, 5) is 64.9.